The van der Waals surface area contributed by atoms with Gasteiger partial charge in [-0.05, 0) is 42.9 Å². The van der Waals surface area contributed by atoms with Gasteiger partial charge < -0.3 is 0 Å². The van der Waals surface area contributed by atoms with Crippen molar-refractivity contribution >= 4 is 0 Å². The van der Waals surface area contributed by atoms with Crippen molar-refractivity contribution in [1.82, 2.24) is 0 Å². The molecule has 0 nitrogen and oxygen atoms in total. The predicted molar refractivity (Wildman–Crippen MR) is 108 cm³/mol. The molecule has 0 aliphatic rings. The molecule has 0 aliphatic heterocycles. The zero-order valence-electron chi connectivity index (χ0n) is 17.6. The summed E-state index contributed by atoms with van der Waals surface area (Å²) in [4.78, 5) is 0. The zero-order valence-corrected chi connectivity index (χ0v) is 17.6. The minimum Gasteiger partial charge on any atom is -0.0654 e. The molecule has 0 heteroatoms. The second-order valence-corrected chi connectivity index (χ2v) is 8.24. The van der Waals surface area contributed by atoms with E-state index < -0.39 is 0 Å². The fraction of sp³-hybridized carbons (Fsp3) is 1.00. The van der Waals surface area contributed by atoms with E-state index >= 15 is 0 Å². The predicted octanol–water partition coefficient (Wildman–Crippen LogP) is 8.79. The average Bonchev–Trinajstić information content (AvgIpc) is 2.55. The molecular weight excluding hydrogens is 276 g/mol. The molecule has 0 aromatic rings. The van der Waals surface area contributed by atoms with Gasteiger partial charge in [0.05, 0.1) is 0 Å². The molecule has 0 rings (SSSR count). The summed E-state index contributed by atoms with van der Waals surface area (Å²) in [7, 11) is 0. The standard InChI is InChI=1S/C23H48/c1-7-13-15-21(11-5)19-23(17-9-3,18-10-4)20-22(12-6)16-14-8-2/h21-22H,7-20H2,1-6H3. The van der Waals surface area contributed by atoms with Crippen LogP contribution >= 0.6 is 0 Å². The lowest BCUT2D eigenvalue weighted by atomic mass is 9.66. The molecule has 0 radical (unpaired) electrons. The van der Waals surface area contributed by atoms with E-state index in [2.05, 4.69) is 41.5 Å². The van der Waals surface area contributed by atoms with Crippen LogP contribution in [-0.4, -0.2) is 0 Å². The SMILES string of the molecule is CCCCC(CC)CC(CCC)(CCC)CC(CC)CCCC. The maximum atomic E-state index is 2.43. The van der Waals surface area contributed by atoms with Crippen LogP contribution in [0, 0.1) is 17.3 Å². The Morgan fingerprint density at radius 2 is 0.957 bits per heavy atom. The number of hydrogen-bond acceptors (Lipinski definition) is 0. The van der Waals surface area contributed by atoms with Crippen molar-refractivity contribution < 1.29 is 0 Å². The lowest BCUT2D eigenvalue weighted by Crippen LogP contribution is -2.27. The molecule has 0 aliphatic carbocycles. The molecule has 0 aromatic heterocycles. The second-order valence-electron chi connectivity index (χ2n) is 8.24. The third kappa shape index (κ3) is 9.78. The molecule has 0 fully saturated rings. The highest BCUT2D eigenvalue weighted by atomic mass is 14.4. The first-order valence-corrected chi connectivity index (χ1v) is 11.1. The molecule has 0 heterocycles. The molecule has 23 heavy (non-hydrogen) atoms. The van der Waals surface area contributed by atoms with Gasteiger partial charge in [-0.2, -0.15) is 0 Å². The monoisotopic (exact) mass is 324 g/mol. The molecule has 0 saturated carbocycles. The van der Waals surface area contributed by atoms with Gasteiger partial charge in [0.1, 0.15) is 0 Å². The van der Waals surface area contributed by atoms with Gasteiger partial charge in [0.2, 0.25) is 0 Å². The summed E-state index contributed by atoms with van der Waals surface area (Å²) in [6, 6.07) is 0. The van der Waals surface area contributed by atoms with Crippen LogP contribution in [0.4, 0.5) is 0 Å². The fourth-order valence-electron chi connectivity index (χ4n) is 4.79. The maximum Gasteiger partial charge on any atom is -0.0292 e. The van der Waals surface area contributed by atoms with Gasteiger partial charge in [0.25, 0.3) is 0 Å². The summed E-state index contributed by atoms with van der Waals surface area (Å²) in [5.74, 6) is 1.94. The number of rotatable bonds is 16. The summed E-state index contributed by atoms with van der Waals surface area (Å²) < 4.78 is 0. The average molecular weight is 325 g/mol. The molecule has 0 bridgehead atoms. The van der Waals surface area contributed by atoms with Gasteiger partial charge in [-0.25, -0.2) is 0 Å². The minimum atomic E-state index is 0.645. The number of hydrogen-bond donors (Lipinski definition) is 0. The van der Waals surface area contributed by atoms with Crippen molar-refractivity contribution in [2.75, 3.05) is 0 Å². The first-order chi connectivity index (χ1) is 11.1. The Morgan fingerprint density at radius 3 is 1.22 bits per heavy atom. The normalized spacial score (nSPS) is 14.9. The molecule has 0 amide bonds. The Bertz CT molecular complexity index is 216. The third-order valence-corrected chi connectivity index (χ3v) is 6.09. The molecular formula is C23H48. The largest absolute Gasteiger partial charge is 0.0654 e. The van der Waals surface area contributed by atoms with Crippen LogP contribution in [-0.2, 0) is 0 Å². The Labute approximate surface area is 149 Å². The summed E-state index contributed by atoms with van der Waals surface area (Å²) in [6.45, 7) is 14.4. The molecule has 0 saturated heterocycles. The molecule has 0 spiro atoms. The van der Waals surface area contributed by atoms with Crippen LogP contribution in [0.3, 0.4) is 0 Å². The Morgan fingerprint density at radius 1 is 0.565 bits per heavy atom. The van der Waals surface area contributed by atoms with E-state index in [1.165, 1.54) is 89.9 Å². The molecule has 2 atom stereocenters. The van der Waals surface area contributed by atoms with Gasteiger partial charge in [-0.3, -0.25) is 0 Å². The quantitative estimate of drug-likeness (QED) is 0.266. The van der Waals surface area contributed by atoms with E-state index in [0.717, 1.165) is 11.8 Å². The first-order valence-electron chi connectivity index (χ1n) is 11.1. The van der Waals surface area contributed by atoms with Crippen LogP contribution in [0.5, 0.6) is 0 Å². The lowest BCUT2D eigenvalue weighted by molar-refractivity contribution is 0.118. The van der Waals surface area contributed by atoms with Crippen molar-refractivity contribution in [1.29, 1.82) is 0 Å². The smallest absolute Gasteiger partial charge is 0.0292 e. The van der Waals surface area contributed by atoms with Crippen molar-refractivity contribution in [2.24, 2.45) is 17.3 Å². The summed E-state index contributed by atoms with van der Waals surface area (Å²) in [5, 5.41) is 0. The van der Waals surface area contributed by atoms with E-state index in [9.17, 15) is 0 Å². The van der Waals surface area contributed by atoms with Crippen molar-refractivity contribution in [3.05, 3.63) is 0 Å². The van der Waals surface area contributed by atoms with Crippen LogP contribution in [0.2, 0.25) is 0 Å². The van der Waals surface area contributed by atoms with Crippen LogP contribution < -0.4 is 0 Å². The van der Waals surface area contributed by atoms with Gasteiger partial charge in [-0.1, -0.05) is 106 Å². The highest BCUT2D eigenvalue weighted by molar-refractivity contribution is 4.84. The lowest BCUT2D eigenvalue weighted by Gasteiger charge is -2.40. The molecule has 2 unspecified atom stereocenters. The third-order valence-electron chi connectivity index (χ3n) is 6.09. The topological polar surface area (TPSA) is 0 Å². The van der Waals surface area contributed by atoms with Gasteiger partial charge in [0, 0.05) is 0 Å². The van der Waals surface area contributed by atoms with Gasteiger partial charge in [-0.15, -0.1) is 0 Å². The molecule has 0 N–H and O–H groups in total. The van der Waals surface area contributed by atoms with E-state index in [1.807, 2.05) is 0 Å². The van der Waals surface area contributed by atoms with E-state index in [0.29, 0.717) is 5.41 Å². The second kappa shape index (κ2) is 14.4. The highest BCUT2D eigenvalue weighted by Gasteiger charge is 2.32. The van der Waals surface area contributed by atoms with E-state index in [4.69, 9.17) is 0 Å². The Hall–Kier alpha value is 0. The van der Waals surface area contributed by atoms with E-state index in [-0.39, 0.29) is 0 Å². The van der Waals surface area contributed by atoms with Crippen molar-refractivity contribution in [3.63, 3.8) is 0 Å². The van der Waals surface area contributed by atoms with E-state index in [1.54, 1.807) is 0 Å². The highest BCUT2D eigenvalue weighted by Crippen LogP contribution is 2.45. The zero-order chi connectivity index (χ0) is 17.6. The Balaban J connectivity index is 5.01. The summed E-state index contributed by atoms with van der Waals surface area (Å²) >= 11 is 0. The maximum absolute atomic E-state index is 2.43. The summed E-state index contributed by atoms with van der Waals surface area (Å²) in [6.07, 6.45) is 20.0. The fourth-order valence-corrected chi connectivity index (χ4v) is 4.79. The van der Waals surface area contributed by atoms with Crippen LogP contribution in [0.25, 0.3) is 0 Å². The summed E-state index contributed by atoms with van der Waals surface area (Å²) in [5.41, 5.74) is 0.645. The Kier molecular flexibility index (Phi) is 14.4. The van der Waals surface area contributed by atoms with Crippen LogP contribution in [0.1, 0.15) is 131 Å². The van der Waals surface area contributed by atoms with Gasteiger partial charge >= 0.3 is 0 Å². The number of unbranched alkanes of at least 4 members (excludes halogenated alkanes) is 2. The van der Waals surface area contributed by atoms with Gasteiger partial charge in [0.15, 0.2) is 0 Å². The van der Waals surface area contributed by atoms with Crippen molar-refractivity contribution in [2.45, 2.75) is 131 Å². The minimum absolute atomic E-state index is 0.645. The van der Waals surface area contributed by atoms with Crippen LogP contribution in [0.15, 0.2) is 0 Å². The first kappa shape index (κ1) is 23.0. The van der Waals surface area contributed by atoms with Crippen molar-refractivity contribution in [3.8, 4) is 0 Å². The molecule has 0 aromatic carbocycles. The molecule has 140 valence electrons.